The standard InChI is InChI=1S/C21H22ClN3O3/c1-13(26)23-19(14-4-6-16(22)7-5-14)12-20(27)24-17-8-10-18(11-9-17)25-21(28)15-2-3-15/h4-11,15,19H,2-3,12H2,1H3,(H,23,26)(H,24,27)(H,25,28). The van der Waals surface area contributed by atoms with E-state index in [4.69, 9.17) is 11.6 Å². The van der Waals surface area contributed by atoms with Crippen molar-refractivity contribution in [3.63, 3.8) is 0 Å². The van der Waals surface area contributed by atoms with Crippen molar-refractivity contribution in [2.24, 2.45) is 5.92 Å². The molecule has 1 unspecified atom stereocenters. The smallest absolute Gasteiger partial charge is 0.227 e. The number of hydrogen-bond acceptors (Lipinski definition) is 3. The van der Waals surface area contributed by atoms with Crippen LogP contribution in [0.4, 0.5) is 11.4 Å². The normalized spacial score (nSPS) is 14.1. The minimum absolute atomic E-state index is 0.0397. The summed E-state index contributed by atoms with van der Waals surface area (Å²) in [5.74, 6) is -0.275. The van der Waals surface area contributed by atoms with E-state index in [0.29, 0.717) is 16.4 Å². The number of amides is 3. The fourth-order valence-electron chi connectivity index (χ4n) is 2.82. The van der Waals surface area contributed by atoms with E-state index in [1.54, 1.807) is 48.5 Å². The van der Waals surface area contributed by atoms with Gasteiger partial charge in [-0.25, -0.2) is 0 Å². The summed E-state index contributed by atoms with van der Waals surface area (Å²) in [7, 11) is 0. The minimum Gasteiger partial charge on any atom is -0.349 e. The Morgan fingerprint density at radius 2 is 1.54 bits per heavy atom. The summed E-state index contributed by atoms with van der Waals surface area (Å²) >= 11 is 5.91. The van der Waals surface area contributed by atoms with Crippen molar-refractivity contribution < 1.29 is 14.4 Å². The van der Waals surface area contributed by atoms with Crippen molar-refractivity contribution in [3.8, 4) is 0 Å². The molecule has 146 valence electrons. The van der Waals surface area contributed by atoms with E-state index in [1.807, 2.05) is 0 Å². The zero-order valence-electron chi connectivity index (χ0n) is 15.5. The van der Waals surface area contributed by atoms with E-state index in [1.165, 1.54) is 6.92 Å². The van der Waals surface area contributed by atoms with E-state index in [2.05, 4.69) is 16.0 Å². The molecule has 0 saturated heterocycles. The third-order valence-electron chi connectivity index (χ3n) is 4.42. The summed E-state index contributed by atoms with van der Waals surface area (Å²) in [5.41, 5.74) is 2.12. The third kappa shape index (κ3) is 5.82. The molecule has 28 heavy (non-hydrogen) atoms. The maximum absolute atomic E-state index is 12.4. The Hall–Kier alpha value is -2.86. The zero-order valence-corrected chi connectivity index (χ0v) is 16.3. The predicted octanol–water partition coefficient (Wildman–Crippen LogP) is 3.89. The molecule has 3 rings (SSSR count). The second-order valence-corrected chi connectivity index (χ2v) is 7.33. The first kappa shape index (κ1) is 19.9. The summed E-state index contributed by atoms with van der Waals surface area (Å²) < 4.78 is 0. The van der Waals surface area contributed by atoms with Crippen LogP contribution in [0.3, 0.4) is 0 Å². The molecule has 1 fully saturated rings. The number of hydrogen-bond donors (Lipinski definition) is 3. The summed E-state index contributed by atoms with van der Waals surface area (Å²) in [6, 6.07) is 13.5. The topological polar surface area (TPSA) is 87.3 Å². The van der Waals surface area contributed by atoms with Crippen molar-refractivity contribution in [3.05, 3.63) is 59.1 Å². The average Bonchev–Trinajstić information content (AvgIpc) is 3.48. The van der Waals surface area contributed by atoms with Crippen LogP contribution in [-0.4, -0.2) is 17.7 Å². The largest absolute Gasteiger partial charge is 0.349 e. The molecular formula is C21H22ClN3O3. The molecule has 1 saturated carbocycles. The molecule has 0 aliphatic heterocycles. The first-order chi connectivity index (χ1) is 13.4. The summed E-state index contributed by atoms with van der Waals surface area (Å²) in [6.07, 6.45) is 1.98. The van der Waals surface area contributed by atoms with Crippen LogP contribution in [0.5, 0.6) is 0 Å². The van der Waals surface area contributed by atoms with Crippen molar-refractivity contribution in [1.82, 2.24) is 5.32 Å². The SMILES string of the molecule is CC(=O)NC(CC(=O)Nc1ccc(NC(=O)C2CC2)cc1)c1ccc(Cl)cc1. The van der Waals surface area contributed by atoms with Gasteiger partial charge in [0.2, 0.25) is 17.7 Å². The van der Waals surface area contributed by atoms with Crippen LogP contribution >= 0.6 is 11.6 Å². The Bertz CT molecular complexity index is 861. The lowest BCUT2D eigenvalue weighted by Crippen LogP contribution is -2.29. The first-order valence-electron chi connectivity index (χ1n) is 9.14. The number of carbonyl (C=O) groups is 3. The van der Waals surface area contributed by atoms with Gasteiger partial charge in [0.25, 0.3) is 0 Å². The van der Waals surface area contributed by atoms with E-state index >= 15 is 0 Å². The van der Waals surface area contributed by atoms with Gasteiger partial charge in [0.15, 0.2) is 0 Å². The van der Waals surface area contributed by atoms with Crippen LogP contribution in [0.15, 0.2) is 48.5 Å². The molecule has 0 heterocycles. The van der Waals surface area contributed by atoms with Gasteiger partial charge in [-0.2, -0.15) is 0 Å². The van der Waals surface area contributed by atoms with Gasteiger partial charge in [-0.05, 0) is 54.8 Å². The summed E-state index contributed by atoms with van der Waals surface area (Å²) in [5, 5.41) is 9.04. The molecule has 0 bridgehead atoms. The molecule has 6 nitrogen and oxygen atoms in total. The Labute approximate surface area is 168 Å². The summed E-state index contributed by atoms with van der Waals surface area (Å²) in [4.78, 5) is 35.7. The number of halogens is 1. The number of anilines is 2. The van der Waals surface area contributed by atoms with Crippen molar-refractivity contribution >= 4 is 40.7 Å². The highest BCUT2D eigenvalue weighted by molar-refractivity contribution is 6.30. The zero-order chi connectivity index (χ0) is 20.1. The van der Waals surface area contributed by atoms with Gasteiger partial charge in [0.05, 0.1) is 12.5 Å². The highest BCUT2D eigenvalue weighted by atomic mass is 35.5. The van der Waals surface area contributed by atoms with Crippen LogP contribution in [-0.2, 0) is 14.4 Å². The Kier molecular flexibility index (Phi) is 6.31. The van der Waals surface area contributed by atoms with Crippen LogP contribution in [0.25, 0.3) is 0 Å². The highest BCUT2D eigenvalue weighted by Crippen LogP contribution is 2.30. The van der Waals surface area contributed by atoms with Gasteiger partial charge in [-0.3, -0.25) is 14.4 Å². The van der Waals surface area contributed by atoms with Gasteiger partial charge in [-0.1, -0.05) is 23.7 Å². The van der Waals surface area contributed by atoms with Gasteiger partial charge >= 0.3 is 0 Å². The molecule has 1 aliphatic carbocycles. The molecule has 7 heteroatoms. The molecule has 1 aliphatic rings. The van der Waals surface area contributed by atoms with E-state index < -0.39 is 6.04 Å². The third-order valence-corrected chi connectivity index (χ3v) is 4.68. The van der Waals surface area contributed by atoms with E-state index in [-0.39, 0.29) is 30.1 Å². The number of carbonyl (C=O) groups excluding carboxylic acids is 3. The maximum atomic E-state index is 12.4. The lowest BCUT2D eigenvalue weighted by Gasteiger charge is -2.18. The van der Waals surface area contributed by atoms with Gasteiger partial charge in [-0.15, -0.1) is 0 Å². The molecule has 0 spiro atoms. The second kappa shape index (κ2) is 8.89. The Balaban J connectivity index is 1.59. The average molecular weight is 400 g/mol. The van der Waals surface area contributed by atoms with Crippen molar-refractivity contribution in [1.29, 1.82) is 0 Å². The van der Waals surface area contributed by atoms with E-state index in [0.717, 1.165) is 18.4 Å². The Morgan fingerprint density at radius 3 is 2.07 bits per heavy atom. The molecule has 2 aromatic rings. The maximum Gasteiger partial charge on any atom is 0.227 e. The van der Waals surface area contributed by atoms with Crippen LogP contribution in [0, 0.1) is 5.92 Å². The van der Waals surface area contributed by atoms with Crippen LogP contribution in [0.2, 0.25) is 5.02 Å². The van der Waals surface area contributed by atoms with Crippen LogP contribution < -0.4 is 16.0 Å². The quantitative estimate of drug-likeness (QED) is 0.660. The molecule has 0 radical (unpaired) electrons. The van der Waals surface area contributed by atoms with Gasteiger partial charge in [0.1, 0.15) is 0 Å². The summed E-state index contributed by atoms with van der Waals surface area (Å²) in [6.45, 7) is 1.41. The number of benzene rings is 2. The molecule has 0 aromatic heterocycles. The molecule has 3 amide bonds. The second-order valence-electron chi connectivity index (χ2n) is 6.90. The number of nitrogens with one attached hydrogen (secondary N) is 3. The van der Waals surface area contributed by atoms with Gasteiger partial charge in [0, 0.05) is 29.2 Å². The fraction of sp³-hybridized carbons (Fsp3) is 0.286. The van der Waals surface area contributed by atoms with Crippen LogP contribution in [0.1, 0.15) is 37.8 Å². The fourth-order valence-corrected chi connectivity index (χ4v) is 2.94. The highest BCUT2D eigenvalue weighted by Gasteiger charge is 2.29. The first-order valence-corrected chi connectivity index (χ1v) is 9.52. The Morgan fingerprint density at radius 1 is 0.964 bits per heavy atom. The molecule has 2 aromatic carbocycles. The lowest BCUT2D eigenvalue weighted by atomic mass is 10.0. The van der Waals surface area contributed by atoms with Crippen molar-refractivity contribution in [2.75, 3.05) is 10.6 Å². The monoisotopic (exact) mass is 399 g/mol. The van der Waals surface area contributed by atoms with E-state index in [9.17, 15) is 14.4 Å². The molecule has 3 N–H and O–H groups in total. The predicted molar refractivity (Wildman–Crippen MR) is 109 cm³/mol. The number of rotatable bonds is 7. The lowest BCUT2D eigenvalue weighted by molar-refractivity contribution is -0.120. The molecular weight excluding hydrogens is 378 g/mol. The van der Waals surface area contributed by atoms with Crippen molar-refractivity contribution in [2.45, 2.75) is 32.2 Å². The molecule has 1 atom stereocenters. The minimum atomic E-state index is -0.452. The van der Waals surface area contributed by atoms with Gasteiger partial charge < -0.3 is 16.0 Å².